The Kier molecular flexibility index (Phi) is 309. The highest BCUT2D eigenvalue weighted by Gasteiger charge is 2.27. The average Bonchev–Trinajstić information content (AvgIpc) is 3.35. The first-order valence-corrected chi connectivity index (χ1v) is 30.1. The lowest BCUT2D eigenvalue weighted by molar-refractivity contribution is -0.000291. The molecule has 0 aromatic heterocycles. The Morgan fingerprint density at radius 2 is 0.485 bits per heavy atom. The summed E-state index contributed by atoms with van der Waals surface area (Å²) in [5, 5.41) is 59.9. The minimum Gasteiger partial charge on any atom is -0.396 e. The number of hydrogen-bond donors (Lipinski definition) is 7. The molecule has 0 aromatic carbocycles. The summed E-state index contributed by atoms with van der Waals surface area (Å²) in [5.74, 6) is 16.8. The zero-order valence-electron chi connectivity index (χ0n) is 54.0. The first-order chi connectivity index (χ1) is 36.2. The highest BCUT2D eigenvalue weighted by atomic mass is 16.5. The molecule has 0 fully saturated rings. The van der Waals surface area contributed by atoms with Crippen molar-refractivity contribution in [1.82, 2.24) is 0 Å². The summed E-state index contributed by atoms with van der Waals surface area (Å²) in [6.45, 7) is 48.5. The molecule has 13 nitrogen and oxygen atoms in total. The van der Waals surface area contributed by atoms with Gasteiger partial charge < -0.3 is 64.2 Å². The fraction of sp³-hybridized carbons (Fsp3) is 0.956. The van der Waals surface area contributed by atoms with Gasteiger partial charge in [0.1, 0.15) is 0 Å². The van der Waals surface area contributed by atoms with E-state index < -0.39 is 0 Å². The molecule has 103 heavy (non-hydrogen) atoms. The Morgan fingerprint density at radius 3 is 0.699 bits per heavy atom. The molecule has 0 saturated carbocycles. The maximum absolute atomic E-state index is 9.15. The van der Waals surface area contributed by atoms with Crippen LogP contribution in [0.1, 0.15) is 415 Å². The summed E-state index contributed by atoms with van der Waals surface area (Å²) in [5.41, 5.74) is 0.271. The van der Waals surface area contributed by atoms with Crippen LogP contribution >= 0.6 is 0 Å². The van der Waals surface area contributed by atoms with Crippen LogP contribution in [-0.2, 0) is 28.4 Å². The highest BCUT2D eigenvalue weighted by molar-refractivity contribution is 5.17. The number of ether oxygens (including phenoxy) is 6. The topological polar surface area (TPSA) is 197 Å². The van der Waals surface area contributed by atoms with Crippen molar-refractivity contribution in [2.75, 3.05) is 112 Å². The SMILES string of the molecule is C.C.C.C.C.C.C.C.C.C.C.C.C.C.C.C.C.C.C.C.C.C.C.C.C.C.CC(C)CC(C)(C#CC(C)(CCCO)CC(C)C)CCCO.CC(C)CC(C)(C)C#CC(C)(C)CC(C)C.CCC(CC)OCCO.CCC(CC)OCCOCCCO.CCOCCO.OCCOCCCOCCO. The van der Waals surface area contributed by atoms with Gasteiger partial charge in [-0.15, -0.1) is 0 Å². The van der Waals surface area contributed by atoms with Crippen molar-refractivity contribution in [3.63, 3.8) is 0 Å². The molecule has 0 amide bonds. The predicted molar refractivity (Wildman–Crippen MR) is 499 cm³/mol. The summed E-state index contributed by atoms with van der Waals surface area (Å²) in [6, 6.07) is 0. The molecule has 7 N–H and O–H groups in total. The van der Waals surface area contributed by atoms with Crippen molar-refractivity contribution in [3.05, 3.63) is 0 Å². The third-order valence-corrected chi connectivity index (χ3v) is 11.5. The highest BCUT2D eigenvalue weighted by Crippen LogP contribution is 2.35. The molecular formula is C90H236O13. The molecule has 0 aromatic rings. The first kappa shape index (κ1) is 212. The van der Waals surface area contributed by atoms with Crippen LogP contribution in [0.25, 0.3) is 0 Å². The molecule has 674 valence electrons. The van der Waals surface area contributed by atoms with Crippen LogP contribution in [0.3, 0.4) is 0 Å². The van der Waals surface area contributed by atoms with Crippen molar-refractivity contribution in [2.45, 2.75) is 427 Å². The van der Waals surface area contributed by atoms with Gasteiger partial charge >= 0.3 is 0 Å². The van der Waals surface area contributed by atoms with Gasteiger partial charge in [0, 0.05) is 67.9 Å². The smallest absolute Gasteiger partial charge is 0.0704 e. The quantitative estimate of drug-likeness (QED) is 0.0227. The standard InChI is InChI=1S/C20H38O2.C16H30.C10H22O3.C7H16O4.C7H16O2.C4H10O2.26CH4/c1-17(2)15-19(5,9-7-13-21)11-12-20(6,10-8-14-22)16-18(3)4;1-13(2)11-15(5,6)9-10-16(7,8)12-14(3)4;1-3-10(4-2)13-9-8-12-7-5-6-11;8-2-6-10-4-1-5-11-7-3-9;1-3-7(4-2)9-6-5-8;1-2-6-4-3-5;;;;;;;;;;;;;;;;;;;;;;;;;;/h17-18,21-22H,7-10,13-16H2,1-6H3;13-14H,11-12H2,1-8H3;10-11H,3-9H2,1-2H3;8-9H,1-7H2;7-8H,3-6H2,1-2H3;5H,2-4H2,1H3;26*1H4. The van der Waals surface area contributed by atoms with E-state index in [0.717, 1.165) is 82.5 Å². The molecule has 0 spiro atoms. The van der Waals surface area contributed by atoms with Gasteiger partial charge in [-0.3, -0.25) is 0 Å². The summed E-state index contributed by atoms with van der Waals surface area (Å²) >= 11 is 0. The molecule has 0 aliphatic rings. The Balaban J connectivity index is -0.0000000192. The van der Waals surface area contributed by atoms with E-state index in [9.17, 15) is 0 Å². The summed E-state index contributed by atoms with van der Waals surface area (Å²) in [6.07, 6.45) is 14.5. The van der Waals surface area contributed by atoms with E-state index in [0.29, 0.717) is 96.5 Å². The molecule has 0 bridgehead atoms. The zero-order valence-corrected chi connectivity index (χ0v) is 54.0. The molecule has 2 atom stereocenters. The van der Waals surface area contributed by atoms with Crippen LogP contribution in [0.15, 0.2) is 0 Å². The molecule has 0 heterocycles. The van der Waals surface area contributed by atoms with E-state index in [1.54, 1.807) is 0 Å². The van der Waals surface area contributed by atoms with Crippen LogP contribution in [0.5, 0.6) is 0 Å². The van der Waals surface area contributed by atoms with Gasteiger partial charge in [0.2, 0.25) is 0 Å². The van der Waals surface area contributed by atoms with Crippen LogP contribution in [0.4, 0.5) is 0 Å². The zero-order chi connectivity index (χ0) is 60.5. The van der Waals surface area contributed by atoms with Crippen molar-refractivity contribution in [1.29, 1.82) is 0 Å². The van der Waals surface area contributed by atoms with Crippen LogP contribution < -0.4 is 0 Å². The number of aliphatic hydroxyl groups is 7. The number of hydrogen-bond acceptors (Lipinski definition) is 13. The minimum absolute atomic E-state index is 0. The van der Waals surface area contributed by atoms with E-state index in [1.807, 2.05) is 6.92 Å². The van der Waals surface area contributed by atoms with E-state index in [4.69, 9.17) is 64.2 Å². The minimum atomic E-state index is -0.0195. The maximum Gasteiger partial charge on any atom is 0.0704 e. The Labute approximate surface area is 669 Å². The van der Waals surface area contributed by atoms with Gasteiger partial charge in [-0.1, -0.05) is 300 Å². The maximum atomic E-state index is 9.15. The summed E-state index contributed by atoms with van der Waals surface area (Å²) < 4.78 is 30.7. The van der Waals surface area contributed by atoms with Crippen molar-refractivity contribution in [3.8, 4) is 23.7 Å². The summed E-state index contributed by atoms with van der Waals surface area (Å²) in [4.78, 5) is 0. The van der Waals surface area contributed by atoms with Gasteiger partial charge in [-0.05, 0) is 162 Å². The molecule has 2 unspecified atom stereocenters. The third-order valence-electron chi connectivity index (χ3n) is 11.5. The lowest BCUT2D eigenvalue weighted by atomic mass is 9.75. The fourth-order valence-corrected chi connectivity index (χ4v) is 8.57. The monoisotopic (exact) mass is 1530 g/mol. The van der Waals surface area contributed by atoms with Gasteiger partial charge in [0.15, 0.2) is 0 Å². The second-order valence-electron chi connectivity index (χ2n) is 23.4. The second kappa shape index (κ2) is 150. The van der Waals surface area contributed by atoms with Crippen molar-refractivity contribution in [2.24, 2.45) is 45.3 Å². The van der Waals surface area contributed by atoms with E-state index in [2.05, 4.69) is 148 Å². The van der Waals surface area contributed by atoms with Crippen LogP contribution in [0.2, 0.25) is 0 Å². The van der Waals surface area contributed by atoms with Gasteiger partial charge in [-0.2, -0.15) is 0 Å². The molecular weight excluding hydrogens is 1290 g/mol. The molecule has 0 rings (SSSR count). The molecule has 0 saturated heterocycles. The molecule has 0 aliphatic carbocycles. The second-order valence-corrected chi connectivity index (χ2v) is 23.4. The molecule has 0 aliphatic heterocycles. The summed E-state index contributed by atoms with van der Waals surface area (Å²) in [7, 11) is 0. The fourth-order valence-electron chi connectivity index (χ4n) is 8.57. The van der Waals surface area contributed by atoms with Crippen LogP contribution in [-0.4, -0.2) is 160 Å². The Hall–Kier alpha value is -1.40. The van der Waals surface area contributed by atoms with E-state index in [-0.39, 0.29) is 261 Å². The Morgan fingerprint density at radius 1 is 0.252 bits per heavy atom. The van der Waals surface area contributed by atoms with Crippen molar-refractivity contribution >= 4 is 0 Å². The Bertz CT molecular complexity index is 1210. The van der Waals surface area contributed by atoms with Gasteiger partial charge in [-0.25, -0.2) is 0 Å². The normalized spacial score (nSPS) is 9.59. The number of rotatable bonds is 39. The molecule has 13 heteroatoms. The van der Waals surface area contributed by atoms with Gasteiger partial charge in [0.25, 0.3) is 0 Å². The third kappa shape index (κ3) is 181. The predicted octanol–water partition coefficient (Wildman–Crippen LogP) is 28.5. The first-order valence-electron chi connectivity index (χ1n) is 30.1. The largest absolute Gasteiger partial charge is 0.396 e. The lowest BCUT2D eigenvalue weighted by Gasteiger charge is -2.29. The van der Waals surface area contributed by atoms with E-state index in [1.165, 1.54) is 12.8 Å². The molecule has 0 radical (unpaired) electrons. The van der Waals surface area contributed by atoms with E-state index >= 15 is 0 Å². The van der Waals surface area contributed by atoms with Crippen molar-refractivity contribution < 1.29 is 64.2 Å². The van der Waals surface area contributed by atoms with Crippen LogP contribution in [0, 0.1) is 69.0 Å². The van der Waals surface area contributed by atoms with Gasteiger partial charge in [0.05, 0.1) is 78.3 Å². The average molecular weight is 1530 g/mol. The lowest BCUT2D eigenvalue weighted by Crippen LogP contribution is -2.21. The number of aliphatic hydroxyl groups excluding tert-OH is 7.